The minimum Gasteiger partial charge on any atom is -0.387 e. The Kier molecular flexibility index (Phi) is 4.21. The number of thiophene rings is 1. The summed E-state index contributed by atoms with van der Waals surface area (Å²) in [5, 5.41) is 8.59. The van der Waals surface area contributed by atoms with Gasteiger partial charge in [0.15, 0.2) is 0 Å². The molecule has 0 unspecified atom stereocenters. The van der Waals surface area contributed by atoms with Gasteiger partial charge in [-0.3, -0.25) is 4.79 Å². The normalized spacial score (nSPS) is 10.6. The van der Waals surface area contributed by atoms with Crippen molar-refractivity contribution in [3.8, 4) is 10.8 Å². The van der Waals surface area contributed by atoms with E-state index in [2.05, 4.69) is 26.3 Å². The van der Waals surface area contributed by atoms with E-state index >= 15 is 0 Å². The third kappa shape index (κ3) is 3.18. The molecule has 8 heteroatoms. The molecule has 0 bridgehead atoms. The first-order valence-electron chi connectivity index (χ1n) is 6.29. The molecule has 2 heterocycles. The third-order valence-corrected chi connectivity index (χ3v) is 4.33. The van der Waals surface area contributed by atoms with Crippen molar-refractivity contribution in [3.63, 3.8) is 0 Å². The lowest BCUT2D eigenvalue weighted by Gasteiger charge is -2.06. The number of hydrogen-bond donors (Lipinski definition) is 1. The van der Waals surface area contributed by atoms with Crippen LogP contribution in [0, 0.1) is 0 Å². The first-order chi connectivity index (χ1) is 10.6. The van der Waals surface area contributed by atoms with Gasteiger partial charge in [0, 0.05) is 4.47 Å². The fourth-order valence-corrected chi connectivity index (χ4v) is 2.82. The fourth-order valence-electron chi connectivity index (χ4n) is 1.79. The van der Waals surface area contributed by atoms with E-state index in [4.69, 9.17) is 4.42 Å². The predicted octanol–water partition coefficient (Wildman–Crippen LogP) is 2.97. The molecule has 1 aromatic carbocycles. The Morgan fingerprint density at radius 3 is 2.86 bits per heavy atom. The minimum atomic E-state index is -0.661. The molecule has 3 rings (SSSR count). The number of carbonyl (C=O) groups is 1. The number of aromatic nitrogens is 2. The Labute approximate surface area is 137 Å². The van der Waals surface area contributed by atoms with E-state index in [-0.39, 0.29) is 18.3 Å². The van der Waals surface area contributed by atoms with E-state index in [0.717, 1.165) is 14.0 Å². The maximum absolute atomic E-state index is 12.0. The summed E-state index contributed by atoms with van der Waals surface area (Å²) in [4.78, 5) is 24.5. The van der Waals surface area contributed by atoms with E-state index in [1.807, 2.05) is 23.6 Å². The summed E-state index contributed by atoms with van der Waals surface area (Å²) >= 11 is 4.75. The van der Waals surface area contributed by atoms with Gasteiger partial charge in [0.05, 0.1) is 10.6 Å². The van der Waals surface area contributed by atoms with Crippen molar-refractivity contribution in [2.45, 2.75) is 6.54 Å². The van der Waals surface area contributed by atoms with Gasteiger partial charge in [0.2, 0.25) is 5.91 Å². The highest BCUT2D eigenvalue weighted by Gasteiger charge is 2.14. The highest BCUT2D eigenvalue weighted by atomic mass is 79.9. The Bertz CT molecular complexity index is 854. The number of nitrogens with one attached hydrogen (secondary N) is 1. The summed E-state index contributed by atoms with van der Waals surface area (Å²) in [5.41, 5.74) is 0.627. The van der Waals surface area contributed by atoms with Crippen LogP contribution in [0.1, 0.15) is 0 Å². The van der Waals surface area contributed by atoms with Crippen LogP contribution in [0.25, 0.3) is 10.8 Å². The highest BCUT2D eigenvalue weighted by molar-refractivity contribution is 9.10. The van der Waals surface area contributed by atoms with Crippen molar-refractivity contribution in [3.05, 3.63) is 56.8 Å². The van der Waals surface area contributed by atoms with Crippen LogP contribution in [-0.4, -0.2) is 15.7 Å². The van der Waals surface area contributed by atoms with Crippen molar-refractivity contribution in [1.29, 1.82) is 0 Å². The zero-order chi connectivity index (χ0) is 15.5. The third-order valence-electron chi connectivity index (χ3n) is 2.78. The maximum Gasteiger partial charge on any atom is 0.437 e. The molecule has 1 amide bonds. The summed E-state index contributed by atoms with van der Waals surface area (Å²) < 4.78 is 6.81. The van der Waals surface area contributed by atoms with Crippen LogP contribution in [-0.2, 0) is 11.3 Å². The molecule has 0 aliphatic rings. The summed E-state index contributed by atoms with van der Waals surface area (Å²) in [6, 6.07) is 10.8. The summed E-state index contributed by atoms with van der Waals surface area (Å²) in [6.45, 7) is -0.213. The quantitative estimate of drug-likeness (QED) is 0.755. The smallest absolute Gasteiger partial charge is 0.387 e. The molecule has 2 aromatic heterocycles. The number of carbonyl (C=O) groups excluding carboxylic acids is 1. The van der Waals surface area contributed by atoms with Gasteiger partial charge in [-0.2, -0.15) is 4.68 Å². The molecule has 0 aliphatic carbocycles. The van der Waals surface area contributed by atoms with Crippen LogP contribution in [0.15, 0.2) is 55.5 Å². The van der Waals surface area contributed by atoms with E-state index in [1.54, 1.807) is 18.2 Å². The highest BCUT2D eigenvalue weighted by Crippen LogP contribution is 2.22. The average Bonchev–Trinajstić information content (AvgIpc) is 3.12. The van der Waals surface area contributed by atoms with E-state index < -0.39 is 5.76 Å². The summed E-state index contributed by atoms with van der Waals surface area (Å²) in [6.07, 6.45) is 0. The molecule has 3 aromatic rings. The summed E-state index contributed by atoms with van der Waals surface area (Å²) in [5.74, 6) is -0.806. The van der Waals surface area contributed by atoms with Crippen LogP contribution in [0.4, 0.5) is 5.69 Å². The van der Waals surface area contributed by atoms with Crippen molar-refractivity contribution < 1.29 is 9.21 Å². The fraction of sp³-hybridized carbons (Fsp3) is 0.0714. The van der Waals surface area contributed by atoms with Crippen molar-refractivity contribution in [2.75, 3.05) is 5.32 Å². The monoisotopic (exact) mass is 379 g/mol. The lowest BCUT2D eigenvalue weighted by molar-refractivity contribution is -0.117. The molecule has 0 saturated heterocycles. The summed E-state index contributed by atoms with van der Waals surface area (Å²) in [7, 11) is 0. The number of para-hydroxylation sites is 1. The zero-order valence-corrected chi connectivity index (χ0v) is 13.6. The van der Waals surface area contributed by atoms with E-state index in [0.29, 0.717) is 5.69 Å². The van der Waals surface area contributed by atoms with Gasteiger partial charge in [-0.25, -0.2) is 4.79 Å². The van der Waals surface area contributed by atoms with Crippen LogP contribution in [0.2, 0.25) is 0 Å². The number of nitrogens with zero attached hydrogens (tertiary/aromatic N) is 2. The number of benzene rings is 1. The zero-order valence-electron chi connectivity index (χ0n) is 11.2. The van der Waals surface area contributed by atoms with Crippen molar-refractivity contribution >= 4 is 38.9 Å². The number of amides is 1. The minimum absolute atomic E-state index is 0.213. The van der Waals surface area contributed by atoms with Crippen LogP contribution in [0.5, 0.6) is 0 Å². The van der Waals surface area contributed by atoms with Gasteiger partial charge in [-0.05, 0) is 39.5 Å². The van der Waals surface area contributed by atoms with Crippen LogP contribution in [0.3, 0.4) is 0 Å². The van der Waals surface area contributed by atoms with Crippen molar-refractivity contribution in [1.82, 2.24) is 9.78 Å². The van der Waals surface area contributed by atoms with Gasteiger partial charge in [0.25, 0.3) is 5.89 Å². The molecule has 1 N–H and O–H groups in total. The Balaban J connectivity index is 1.75. The van der Waals surface area contributed by atoms with E-state index in [9.17, 15) is 9.59 Å². The molecule has 0 atom stereocenters. The maximum atomic E-state index is 12.0. The Morgan fingerprint density at radius 2 is 2.14 bits per heavy atom. The standard InChI is InChI=1S/C14H10BrN3O3S/c15-9-4-1-2-5-10(9)16-12(19)8-18-14(20)21-13(17-18)11-6-3-7-22-11/h1-7H,8H2,(H,16,19). The van der Waals surface area contributed by atoms with E-state index in [1.165, 1.54) is 11.3 Å². The Morgan fingerprint density at radius 1 is 1.32 bits per heavy atom. The molecule has 0 spiro atoms. The van der Waals surface area contributed by atoms with Gasteiger partial charge in [0.1, 0.15) is 6.54 Å². The molecule has 0 radical (unpaired) electrons. The van der Waals surface area contributed by atoms with Crippen LogP contribution < -0.4 is 11.1 Å². The van der Waals surface area contributed by atoms with Crippen LogP contribution >= 0.6 is 27.3 Å². The molecule has 6 nitrogen and oxygen atoms in total. The topological polar surface area (TPSA) is 77.1 Å². The Hall–Kier alpha value is -2.19. The second-order valence-electron chi connectivity index (χ2n) is 4.34. The lowest BCUT2D eigenvalue weighted by Crippen LogP contribution is -2.26. The molecule has 0 aliphatic heterocycles. The largest absolute Gasteiger partial charge is 0.437 e. The van der Waals surface area contributed by atoms with Gasteiger partial charge in [-0.1, -0.05) is 18.2 Å². The molecule has 0 fully saturated rings. The van der Waals surface area contributed by atoms with Gasteiger partial charge >= 0.3 is 5.76 Å². The second-order valence-corrected chi connectivity index (χ2v) is 6.14. The SMILES string of the molecule is O=C(Cn1nc(-c2cccs2)oc1=O)Nc1ccccc1Br. The number of anilines is 1. The molecule has 112 valence electrons. The first-order valence-corrected chi connectivity index (χ1v) is 7.97. The predicted molar refractivity (Wildman–Crippen MR) is 86.8 cm³/mol. The average molecular weight is 380 g/mol. The number of rotatable bonds is 4. The van der Waals surface area contributed by atoms with Gasteiger partial charge < -0.3 is 9.73 Å². The second kappa shape index (κ2) is 6.29. The molecule has 0 saturated carbocycles. The van der Waals surface area contributed by atoms with Gasteiger partial charge in [-0.15, -0.1) is 16.4 Å². The number of hydrogen-bond acceptors (Lipinski definition) is 5. The van der Waals surface area contributed by atoms with Crippen molar-refractivity contribution in [2.24, 2.45) is 0 Å². The number of halogens is 1. The first kappa shape index (κ1) is 14.7. The molecule has 22 heavy (non-hydrogen) atoms. The molecular weight excluding hydrogens is 370 g/mol. The molecular formula is C14H10BrN3O3S. The lowest BCUT2D eigenvalue weighted by atomic mass is 10.3.